The summed E-state index contributed by atoms with van der Waals surface area (Å²) in [5.74, 6) is -0.492. The van der Waals surface area contributed by atoms with Crippen LogP contribution in [0.2, 0.25) is 0 Å². The molecule has 0 bridgehead atoms. The topological polar surface area (TPSA) is 84.0 Å². The summed E-state index contributed by atoms with van der Waals surface area (Å²) in [5.41, 5.74) is 3.03. The van der Waals surface area contributed by atoms with Crippen LogP contribution in [0.15, 0.2) is 67.1 Å². The van der Waals surface area contributed by atoms with Crippen molar-refractivity contribution in [2.45, 2.75) is 6.92 Å². The number of aryl methyl sites for hydroxylation is 1. The molecule has 2 amide bonds. The molecule has 25 heavy (non-hydrogen) atoms. The number of rotatable bonds is 4. The van der Waals surface area contributed by atoms with Gasteiger partial charge in [-0.2, -0.15) is 0 Å². The van der Waals surface area contributed by atoms with Crippen molar-refractivity contribution in [3.05, 3.63) is 83.9 Å². The molecule has 2 aromatic heterocycles. The number of hydrogen-bond donors (Lipinski definition) is 2. The fourth-order valence-corrected chi connectivity index (χ4v) is 2.15. The van der Waals surface area contributed by atoms with E-state index in [9.17, 15) is 9.59 Å². The fraction of sp³-hybridized carbons (Fsp3) is 0.0526. The molecule has 0 aliphatic carbocycles. The van der Waals surface area contributed by atoms with Crippen molar-refractivity contribution in [1.82, 2.24) is 9.97 Å². The number of hydrogen-bond acceptors (Lipinski definition) is 4. The van der Waals surface area contributed by atoms with E-state index in [4.69, 9.17) is 0 Å². The van der Waals surface area contributed by atoms with E-state index in [0.717, 1.165) is 5.69 Å². The SMILES string of the molecule is Cc1ccc(C(=O)Nc2ccc(C(=O)Nc3cccnc3)cc2)cn1. The minimum absolute atomic E-state index is 0.242. The third-order valence-electron chi connectivity index (χ3n) is 3.50. The van der Waals surface area contributed by atoms with Crippen LogP contribution in [-0.2, 0) is 0 Å². The van der Waals surface area contributed by atoms with E-state index < -0.39 is 0 Å². The van der Waals surface area contributed by atoms with Gasteiger partial charge in [0.2, 0.25) is 0 Å². The molecule has 0 saturated heterocycles. The molecule has 0 aliphatic heterocycles. The Morgan fingerprint density at radius 2 is 1.48 bits per heavy atom. The Bertz CT molecular complexity index is 876. The Balaban J connectivity index is 1.64. The molecule has 3 aromatic rings. The molecule has 6 heteroatoms. The van der Waals surface area contributed by atoms with E-state index in [1.165, 1.54) is 6.20 Å². The summed E-state index contributed by atoms with van der Waals surface area (Å²) >= 11 is 0. The predicted molar refractivity (Wildman–Crippen MR) is 95.6 cm³/mol. The average Bonchev–Trinajstić information content (AvgIpc) is 2.63. The van der Waals surface area contributed by atoms with Crippen LogP contribution in [0.5, 0.6) is 0 Å². The van der Waals surface area contributed by atoms with Crippen LogP contribution in [0.4, 0.5) is 11.4 Å². The summed E-state index contributed by atoms with van der Waals surface area (Å²) < 4.78 is 0. The van der Waals surface area contributed by atoms with E-state index in [0.29, 0.717) is 22.5 Å². The molecule has 0 spiro atoms. The van der Waals surface area contributed by atoms with Crippen molar-refractivity contribution in [3.63, 3.8) is 0 Å². The number of anilines is 2. The van der Waals surface area contributed by atoms with Gasteiger partial charge < -0.3 is 10.6 Å². The molecular weight excluding hydrogens is 316 g/mol. The van der Waals surface area contributed by atoms with E-state index in [2.05, 4.69) is 20.6 Å². The van der Waals surface area contributed by atoms with Gasteiger partial charge in [-0.25, -0.2) is 0 Å². The predicted octanol–water partition coefficient (Wildman–Crippen LogP) is 3.29. The largest absolute Gasteiger partial charge is 0.322 e. The van der Waals surface area contributed by atoms with Gasteiger partial charge in [-0.3, -0.25) is 19.6 Å². The average molecular weight is 332 g/mol. The number of nitrogens with one attached hydrogen (secondary N) is 2. The zero-order valence-corrected chi connectivity index (χ0v) is 13.6. The Kier molecular flexibility index (Phi) is 4.80. The lowest BCUT2D eigenvalue weighted by Crippen LogP contribution is -2.14. The summed E-state index contributed by atoms with van der Waals surface area (Å²) in [6.45, 7) is 1.86. The molecule has 3 rings (SSSR count). The van der Waals surface area contributed by atoms with Crippen molar-refractivity contribution in [1.29, 1.82) is 0 Å². The summed E-state index contributed by atoms with van der Waals surface area (Å²) in [5, 5.41) is 5.53. The van der Waals surface area contributed by atoms with E-state index in [-0.39, 0.29) is 11.8 Å². The Morgan fingerprint density at radius 1 is 0.800 bits per heavy atom. The molecule has 2 N–H and O–H groups in total. The number of carbonyl (C=O) groups is 2. The maximum Gasteiger partial charge on any atom is 0.257 e. The standard InChI is InChI=1S/C19H16N4O2/c1-13-4-5-15(11-21-13)19(25)22-16-8-6-14(7-9-16)18(24)23-17-3-2-10-20-12-17/h2-12H,1H3,(H,22,25)(H,23,24). The van der Waals surface area contributed by atoms with Crippen LogP contribution in [0.1, 0.15) is 26.4 Å². The first-order valence-corrected chi connectivity index (χ1v) is 7.67. The van der Waals surface area contributed by atoms with E-state index in [1.54, 1.807) is 60.9 Å². The fourth-order valence-electron chi connectivity index (χ4n) is 2.15. The van der Waals surface area contributed by atoms with Crippen molar-refractivity contribution < 1.29 is 9.59 Å². The minimum Gasteiger partial charge on any atom is -0.322 e. The third kappa shape index (κ3) is 4.26. The van der Waals surface area contributed by atoms with Gasteiger partial charge in [-0.15, -0.1) is 0 Å². The molecule has 124 valence electrons. The van der Waals surface area contributed by atoms with Gasteiger partial charge in [0.05, 0.1) is 17.4 Å². The van der Waals surface area contributed by atoms with Crippen LogP contribution < -0.4 is 10.6 Å². The molecule has 2 heterocycles. The number of amides is 2. The van der Waals surface area contributed by atoms with Crippen molar-refractivity contribution in [2.24, 2.45) is 0 Å². The van der Waals surface area contributed by atoms with Gasteiger partial charge in [0.15, 0.2) is 0 Å². The highest BCUT2D eigenvalue weighted by Crippen LogP contribution is 2.13. The Morgan fingerprint density at radius 3 is 2.12 bits per heavy atom. The molecule has 0 radical (unpaired) electrons. The molecule has 0 fully saturated rings. The minimum atomic E-state index is -0.250. The first-order valence-electron chi connectivity index (χ1n) is 7.67. The second-order valence-electron chi connectivity index (χ2n) is 5.42. The normalized spacial score (nSPS) is 10.1. The molecule has 6 nitrogen and oxygen atoms in total. The van der Waals surface area contributed by atoms with E-state index in [1.807, 2.05) is 6.92 Å². The van der Waals surface area contributed by atoms with Crippen molar-refractivity contribution in [3.8, 4) is 0 Å². The van der Waals surface area contributed by atoms with Crippen LogP contribution in [0.25, 0.3) is 0 Å². The van der Waals surface area contributed by atoms with Crippen LogP contribution in [-0.4, -0.2) is 21.8 Å². The van der Waals surface area contributed by atoms with E-state index >= 15 is 0 Å². The highest BCUT2D eigenvalue weighted by molar-refractivity contribution is 6.06. The molecule has 0 aliphatic rings. The number of nitrogens with zero attached hydrogens (tertiary/aromatic N) is 2. The van der Waals surface area contributed by atoms with Crippen molar-refractivity contribution in [2.75, 3.05) is 10.6 Å². The van der Waals surface area contributed by atoms with Gasteiger partial charge in [0, 0.05) is 29.3 Å². The van der Waals surface area contributed by atoms with Crippen LogP contribution in [0.3, 0.4) is 0 Å². The molecule has 0 atom stereocenters. The molecule has 0 unspecified atom stereocenters. The zero-order chi connectivity index (χ0) is 17.6. The highest BCUT2D eigenvalue weighted by Gasteiger charge is 2.09. The lowest BCUT2D eigenvalue weighted by atomic mass is 10.2. The first-order chi connectivity index (χ1) is 12.1. The smallest absolute Gasteiger partial charge is 0.257 e. The summed E-state index contributed by atoms with van der Waals surface area (Å²) in [6.07, 6.45) is 4.74. The Hall–Kier alpha value is -3.54. The maximum atomic E-state index is 12.2. The second kappa shape index (κ2) is 7.35. The van der Waals surface area contributed by atoms with Gasteiger partial charge in [-0.1, -0.05) is 0 Å². The summed E-state index contributed by atoms with van der Waals surface area (Å²) in [4.78, 5) is 32.4. The number of carbonyl (C=O) groups excluding carboxylic acids is 2. The maximum absolute atomic E-state index is 12.2. The number of benzene rings is 1. The third-order valence-corrected chi connectivity index (χ3v) is 3.50. The highest BCUT2D eigenvalue weighted by atomic mass is 16.2. The summed E-state index contributed by atoms with van der Waals surface area (Å²) in [6, 6.07) is 13.6. The van der Waals surface area contributed by atoms with Gasteiger partial charge >= 0.3 is 0 Å². The number of aromatic nitrogens is 2. The molecule has 0 saturated carbocycles. The molecule has 1 aromatic carbocycles. The monoisotopic (exact) mass is 332 g/mol. The number of pyridine rings is 2. The van der Waals surface area contributed by atoms with Gasteiger partial charge in [0.25, 0.3) is 11.8 Å². The lowest BCUT2D eigenvalue weighted by molar-refractivity contribution is 0.101. The lowest BCUT2D eigenvalue weighted by Gasteiger charge is -2.07. The quantitative estimate of drug-likeness (QED) is 0.768. The zero-order valence-electron chi connectivity index (χ0n) is 13.6. The second-order valence-corrected chi connectivity index (χ2v) is 5.42. The first kappa shape index (κ1) is 16.3. The van der Waals surface area contributed by atoms with Crippen molar-refractivity contribution >= 4 is 23.2 Å². The van der Waals surface area contributed by atoms with Crippen LogP contribution >= 0.6 is 0 Å². The van der Waals surface area contributed by atoms with Gasteiger partial charge in [0.1, 0.15) is 0 Å². The van der Waals surface area contributed by atoms with Gasteiger partial charge in [-0.05, 0) is 55.5 Å². The molecular formula is C19H16N4O2. The summed E-state index contributed by atoms with van der Waals surface area (Å²) in [7, 11) is 0. The van der Waals surface area contributed by atoms with Crippen LogP contribution in [0, 0.1) is 6.92 Å². The Labute approximate surface area is 145 Å².